The molecule has 0 atom stereocenters. The number of benzene rings is 1. The van der Waals surface area contributed by atoms with Crippen LogP contribution in [0.1, 0.15) is 24.5 Å². The Kier molecular flexibility index (Phi) is 5.43. The zero-order valence-electron chi connectivity index (χ0n) is 12.1. The molecule has 7 heteroatoms. The lowest BCUT2D eigenvalue weighted by molar-refractivity contribution is 0.283. The van der Waals surface area contributed by atoms with Crippen molar-refractivity contribution in [3.05, 3.63) is 35.4 Å². The second kappa shape index (κ2) is 6.67. The summed E-state index contributed by atoms with van der Waals surface area (Å²) < 4.78 is 0. The first-order valence-corrected chi connectivity index (χ1v) is 6.75. The highest BCUT2D eigenvalue weighted by molar-refractivity contribution is 5.85. The van der Waals surface area contributed by atoms with Crippen LogP contribution in [0.5, 0.6) is 0 Å². The van der Waals surface area contributed by atoms with E-state index in [-0.39, 0.29) is 30.2 Å². The molecule has 116 valence electrons. The number of nitrogens with zero attached hydrogens (tertiary/aromatic N) is 2. The maximum Gasteiger partial charge on any atom is 0.188 e. The molecule has 1 aliphatic carbocycles. The molecule has 1 aliphatic rings. The third-order valence-electron chi connectivity index (χ3n) is 3.87. The first-order chi connectivity index (χ1) is 9.47. The van der Waals surface area contributed by atoms with Crippen molar-refractivity contribution in [2.75, 3.05) is 0 Å². The Morgan fingerprint density at radius 3 is 1.81 bits per heavy atom. The highest BCUT2D eigenvalue weighted by Crippen LogP contribution is 2.38. The maximum absolute atomic E-state index is 5.58. The van der Waals surface area contributed by atoms with Crippen molar-refractivity contribution in [1.29, 1.82) is 0 Å². The van der Waals surface area contributed by atoms with Crippen LogP contribution >= 0.6 is 12.4 Å². The second-order valence-corrected chi connectivity index (χ2v) is 5.18. The Hall–Kier alpha value is -1.95. The number of nitrogens with two attached hydrogens (primary N) is 4. The predicted molar refractivity (Wildman–Crippen MR) is 89.2 cm³/mol. The minimum atomic E-state index is -0.781. The van der Waals surface area contributed by atoms with Crippen molar-refractivity contribution in [3.8, 4) is 0 Å². The molecule has 0 fully saturated rings. The molecule has 0 heterocycles. The molecular weight excluding hydrogens is 288 g/mol. The van der Waals surface area contributed by atoms with Gasteiger partial charge in [-0.05, 0) is 30.4 Å². The maximum atomic E-state index is 5.58. The lowest BCUT2D eigenvalue weighted by Gasteiger charge is -2.31. The van der Waals surface area contributed by atoms with Gasteiger partial charge in [0.2, 0.25) is 0 Å². The molecule has 0 spiro atoms. The fourth-order valence-corrected chi connectivity index (χ4v) is 2.99. The van der Waals surface area contributed by atoms with E-state index in [1.165, 1.54) is 11.1 Å². The molecule has 8 N–H and O–H groups in total. The lowest BCUT2D eigenvalue weighted by Crippen LogP contribution is -2.42. The smallest absolute Gasteiger partial charge is 0.188 e. The number of fused-ring (bicyclic) bond motifs is 1. The molecule has 0 unspecified atom stereocenters. The Labute approximate surface area is 131 Å². The van der Waals surface area contributed by atoms with Crippen molar-refractivity contribution in [1.82, 2.24) is 0 Å². The number of guanidine groups is 2. The van der Waals surface area contributed by atoms with Gasteiger partial charge in [-0.3, -0.25) is 0 Å². The number of halogens is 1. The van der Waals surface area contributed by atoms with E-state index in [0.717, 1.165) is 12.8 Å². The van der Waals surface area contributed by atoms with E-state index in [0.29, 0.717) is 6.42 Å². The molecule has 0 saturated heterocycles. The van der Waals surface area contributed by atoms with Crippen molar-refractivity contribution in [3.63, 3.8) is 0 Å². The average molecular weight is 311 g/mol. The first-order valence-electron chi connectivity index (χ1n) is 6.75. The summed E-state index contributed by atoms with van der Waals surface area (Å²) in [6, 6.07) is 8.33. The third-order valence-corrected chi connectivity index (χ3v) is 3.87. The topological polar surface area (TPSA) is 129 Å². The van der Waals surface area contributed by atoms with E-state index in [9.17, 15) is 0 Å². The zero-order valence-corrected chi connectivity index (χ0v) is 12.9. The van der Waals surface area contributed by atoms with Crippen LogP contribution in [0.15, 0.2) is 34.3 Å². The van der Waals surface area contributed by atoms with Gasteiger partial charge in [-0.1, -0.05) is 31.2 Å². The third kappa shape index (κ3) is 3.58. The molecule has 0 amide bonds. The molecular formula is C14H23ClN6. The molecule has 6 nitrogen and oxygen atoms in total. The molecule has 21 heavy (non-hydrogen) atoms. The van der Waals surface area contributed by atoms with Gasteiger partial charge in [-0.2, -0.15) is 0 Å². The standard InChI is InChI=1S/C14H22N6.ClH/c1-2-14(19-12(15)16,20-13(17)18)11-7-9-5-3-4-6-10(9)8-11;/h3-6,11H,2,7-8H2,1H3,(H4,15,16,19)(H4,17,18,20);1H. The summed E-state index contributed by atoms with van der Waals surface area (Å²) >= 11 is 0. The minimum Gasteiger partial charge on any atom is -0.370 e. The summed E-state index contributed by atoms with van der Waals surface area (Å²) in [6.45, 7) is 1.99. The highest BCUT2D eigenvalue weighted by atomic mass is 35.5. The molecule has 2 rings (SSSR count). The molecule has 0 aliphatic heterocycles. The molecule has 0 radical (unpaired) electrons. The van der Waals surface area contributed by atoms with E-state index in [2.05, 4.69) is 22.1 Å². The first kappa shape index (κ1) is 17.1. The summed E-state index contributed by atoms with van der Waals surface area (Å²) in [6.07, 6.45) is 2.39. The van der Waals surface area contributed by atoms with Gasteiger partial charge < -0.3 is 22.9 Å². The van der Waals surface area contributed by atoms with Crippen LogP contribution in [0, 0.1) is 5.92 Å². The number of aliphatic imine (C=N–C) groups is 2. The Morgan fingerprint density at radius 1 is 1.05 bits per heavy atom. The Bertz CT molecular complexity index is 503. The fraction of sp³-hybridized carbons (Fsp3) is 0.429. The van der Waals surface area contributed by atoms with Crippen LogP contribution in [0.25, 0.3) is 0 Å². The second-order valence-electron chi connectivity index (χ2n) is 5.18. The number of rotatable bonds is 4. The van der Waals surface area contributed by atoms with Crippen LogP contribution in [-0.4, -0.2) is 17.6 Å². The van der Waals surface area contributed by atoms with Crippen LogP contribution in [0.4, 0.5) is 0 Å². The van der Waals surface area contributed by atoms with Gasteiger partial charge in [0.1, 0.15) is 0 Å². The van der Waals surface area contributed by atoms with E-state index in [4.69, 9.17) is 22.9 Å². The van der Waals surface area contributed by atoms with E-state index < -0.39 is 5.66 Å². The Morgan fingerprint density at radius 2 is 1.48 bits per heavy atom. The van der Waals surface area contributed by atoms with Gasteiger partial charge >= 0.3 is 0 Å². The summed E-state index contributed by atoms with van der Waals surface area (Å²) in [5.41, 5.74) is 24.2. The quantitative estimate of drug-likeness (QED) is 0.476. The fourth-order valence-electron chi connectivity index (χ4n) is 2.99. The lowest BCUT2D eigenvalue weighted by atomic mass is 9.88. The number of hydrogen-bond donors (Lipinski definition) is 4. The van der Waals surface area contributed by atoms with Gasteiger partial charge in [-0.25, -0.2) is 9.98 Å². The van der Waals surface area contributed by atoms with Crippen molar-refractivity contribution >= 4 is 24.3 Å². The van der Waals surface area contributed by atoms with Crippen LogP contribution in [-0.2, 0) is 12.8 Å². The van der Waals surface area contributed by atoms with Crippen molar-refractivity contribution < 1.29 is 0 Å². The average Bonchev–Trinajstić information content (AvgIpc) is 2.80. The van der Waals surface area contributed by atoms with Gasteiger partial charge in [0.25, 0.3) is 0 Å². The molecule has 0 bridgehead atoms. The molecule has 1 aromatic rings. The van der Waals surface area contributed by atoms with E-state index in [1.54, 1.807) is 0 Å². The summed E-state index contributed by atoms with van der Waals surface area (Å²) in [4.78, 5) is 8.71. The van der Waals surface area contributed by atoms with Gasteiger partial charge in [0.05, 0.1) is 0 Å². The van der Waals surface area contributed by atoms with Crippen LogP contribution in [0.2, 0.25) is 0 Å². The van der Waals surface area contributed by atoms with Gasteiger partial charge in [-0.15, -0.1) is 12.4 Å². The van der Waals surface area contributed by atoms with Crippen molar-refractivity contribution in [2.45, 2.75) is 31.8 Å². The predicted octanol–water partition coefficient (Wildman–Crippen LogP) is 0.476. The number of hydrogen-bond acceptors (Lipinski definition) is 2. The van der Waals surface area contributed by atoms with Gasteiger partial charge in [0, 0.05) is 5.92 Å². The summed E-state index contributed by atoms with van der Waals surface area (Å²) in [5.74, 6) is 0.176. The molecule has 0 saturated carbocycles. The highest BCUT2D eigenvalue weighted by Gasteiger charge is 2.40. The molecule has 0 aromatic heterocycles. The minimum absolute atomic E-state index is 0. The normalized spacial score (nSPS) is 14.0. The summed E-state index contributed by atoms with van der Waals surface area (Å²) in [7, 11) is 0. The monoisotopic (exact) mass is 310 g/mol. The Balaban J connectivity index is 0.00000220. The van der Waals surface area contributed by atoms with E-state index >= 15 is 0 Å². The SMILES string of the molecule is CCC(N=C(N)N)(N=C(N)N)C1Cc2ccccc2C1.Cl. The van der Waals surface area contributed by atoms with E-state index in [1.807, 2.05) is 19.1 Å². The largest absolute Gasteiger partial charge is 0.370 e. The van der Waals surface area contributed by atoms with Crippen LogP contribution in [0.3, 0.4) is 0 Å². The molecule has 1 aromatic carbocycles. The summed E-state index contributed by atoms with van der Waals surface area (Å²) in [5, 5.41) is 0. The van der Waals surface area contributed by atoms with Crippen LogP contribution < -0.4 is 22.9 Å². The van der Waals surface area contributed by atoms with Crippen molar-refractivity contribution in [2.24, 2.45) is 38.8 Å². The zero-order chi connectivity index (χ0) is 14.8. The van der Waals surface area contributed by atoms with Gasteiger partial charge in [0.15, 0.2) is 17.6 Å².